The molecule has 0 saturated heterocycles. The lowest BCUT2D eigenvalue weighted by molar-refractivity contribution is -0.127. The zero-order chi connectivity index (χ0) is 22.5. The van der Waals surface area contributed by atoms with Crippen LogP contribution in [0.3, 0.4) is 0 Å². The van der Waals surface area contributed by atoms with Gasteiger partial charge in [-0.25, -0.2) is 0 Å². The van der Waals surface area contributed by atoms with E-state index in [0.29, 0.717) is 16.4 Å². The minimum Gasteiger partial charge on any atom is -0.347 e. The number of anilines is 2. The summed E-state index contributed by atoms with van der Waals surface area (Å²) in [6.07, 6.45) is 3.89. The molecule has 1 saturated carbocycles. The lowest BCUT2D eigenvalue weighted by Gasteiger charge is -2.16. The van der Waals surface area contributed by atoms with Crippen molar-refractivity contribution in [1.29, 1.82) is 0 Å². The highest BCUT2D eigenvalue weighted by Gasteiger charge is 2.23. The van der Waals surface area contributed by atoms with E-state index in [0.717, 1.165) is 37.1 Å². The average molecular weight is 446 g/mol. The van der Waals surface area contributed by atoms with E-state index in [1.165, 1.54) is 0 Å². The molecule has 1 aromatic carbocycles. The number of nitrogens with zero attached hydrogens (tertiary/aromatic N) is 2. The molecule has 2 aromatic rings. The van der Waals surface area contributed by atoms with Gasteiger partial charge in [-0.3, -0.25) is 19.1 Å². The monoisotopic (exact) mass is 445 g/mol. The third-order valence-electron chi connectivity index (χ3n) is 5.45. The SMILES string of the molecule is Cc1cc(C)n(C(C)C(=O)Nc2ccc(NC(=O)CNC(=O)C3CCCC3)cc2Cl)n1. The highest BCUT2D eigenvalue weighted by molar-refractivity contribution is 6.34. The third-order valence-corrected chi connectivity index (χ3v) is 5.76. The fraction of sp³-hybridized carbons (Fsp3) is 0.455. The molecule has 8 nitrogen and oxygen atoms in total. The van der Waals surface area contributed by atoms with Crippen LogP contribution in [-0.4, -0.2) is 34.0 Å². The standard InChI is InChI=1S/C22H28ClN5O3/c1-13-10-14(2)28(27-13)15(3)21(30)26-19-9-8-17(11-18(19)23)25-20(29)12-24-22(31)16-6-4-5-7-16/h8-11,15-16H,4-7,12H2,1-3H3,(H,24,31)(H,25,29)(H,26,30). The summed E-state index contributed by atoms with van der Waals surface area (Å²) in [5, 5.41) is 12.8. The maximum Gasteiger partial charge on any atom is 0.248 e. The fourth-order valence-electron chi connectivity index (χ4n) is 3.79. The second-order valence-corrected chi connectivity index (χ2v) is 8.39. The smallest absolute Gasteiger partial charge is 0.248 e. The van der Waals surface area contributed by atoms with Gasteiger partial charge in [-0.15, -0.1) is 0 Å². The molecule has 0 bridgehead atoms. The fourth-order valence-corrected chi connectivity index (χ4v) is 4.01. The first-order chi connectivity index (χ1) is 14.7. The lowest BCUT2D eigenvalue weighted by Crippen LogP contribution is -2.36. The van der Waals surface area contributed by atoms with Crippen LogP contribution in [0.5, 0.6) is 0 Å². The van der Waals surface area contributed by atoms with E-state index in [4.69, 9.17) is 11.6 Å². The van der Waals surface area contributed by atoms with Crippen LogP contribution in [-0.2, 0) is 14.4 Å². The lowest BCUT2D eigenvalue weighted by atomic mass is 10.1. The molecule has 0 aliphatic heterocycles. The van der Waals surface area contributed by atoms with Gasteiger partial charge in [0.2, 0.25) is 17.7 Å². The molecule has 3 rings (SSSR count). The molecule has 0 radical (unpaired) electrons. The Hall–Kier alpha value is -2.87. The van der Waals surface area contributed by atoms with Crippen molar-refractivity contribution in [2.45, 2.75) is 52.5 Å². The van der Waals surface area contributed by atoms with Crippen LogP contribution < -0.4 is 16.0 Å². The van der Waals surface area contributed by atoms with Gasteiger partial charge in [0.25, 0.3) is 0 Å². The van der Waals surface area contributed by atoms with Gasteiger partial charge in [0.05, 0.1) is 22.9 Å². The molecule has 1 aliphatic carbocycles. The number of rotatable bonds is 7. The predicted octanol–water partition coefficient (Wildman–Crippen LogP) is 3.60. The Labute approximate surface area is 186 Å². The van der Waals surface area contributed by atoms with Crippen molar-refractivity contribution < 1.29 is 14.4 Å². The van der Waals surface area contributed by atoms with E-state index < -0.39 is 6.04 Å². The van der Waals surface area contributed by atoms with Crippen molar-refractivity contribution in [3.63, 3.8) is 0 Å². The van der Waals surface area contributed by atoms with Crippen molar-refractivity contribution in [3.8, 4) is 0 Å². The molecule has 31 heavy (non-hydrogen) atoms. The molecule has 9 heteroatoms. The van der Waals surface area contributed by atoms with Gasteiger partial charge in [-0.05, 0) is 57.9 Å². The van der Waals surface area contributed by atoms with Crippen LogP contribution in [0.2, 0.25) is 5.02 Å². The first-order valence-corrected chi connectivity index (χ1v) is 10.8. The van der Waals surface area contributed by atoms with Gasteiger partial charge in [0, 0.05) is 17.3 Å². The normalized spacial score (nSPS) is 14.8. The number of aryl methyl sites for hydroxylation is 2. The minimum atomic E-state index is -0.507. The number of benzene rings is 1. The number of amides is 3. The zero-order valence-electron chi connectivity index (χ0n) is 18.0. The second kappa shape index (κ2) is 9.96. The van der Waals surface area contributed by atoms with E-state index >= 15 is 0 Å². The molecule has 1 unspecified atom stereocenters. The van der Waals surface area contributed by atoms with Crippen LogP contribution in [0.1, 0.15) is 50.0 Å². The average Bonchev–Trinajstić information content (AvgIpc) is 3.37. The van der Waals surface area contributed by atoms with Gasteiger partial charge in [0.1, 0.15) is 6.04 Å². The van der Waals surface area contributed by atoms with Crippen molar-refractivity contribution in [2.75, 3.05) is 17.2 Å². The quantitative estimate of drug-likeness (QED) is 0.605. The van der Waals surface area contributed by atoms with E-state index in [1.54, 1.807) is 29.8 Å². The Kier molecular flexibility index (Phi) is 7.33. The van der Waals surface area contributed by atoms with Gasteiger partial charge in [-0.1, -0.05) is 24.4 Å². The van der Waals surface area contributed by atoms with E-state index in [2.05, 4.69) is 21.0 Å². The molecule has 1 atom stereocenters. The Morgan fingerprint density at radius 2 is 1.87 bits per heavy atom. The highest BCUT2D eigenvalue weighted by atomic mass is 35.5. The molecule has 3 N–H and O–H groups in total. The molecular weight excluding hydrogens is 418 g/mol. The van der Waals surface area contributed by atoms with E-state index in [-0.39, 0.29) is 30.2 Å². The minimum absolute atomic E-state index is 0.0157. The summed E-state index contributed by atoms with van der Waals surface area (Å²) in [6.45, 7) is 5.44. The summed E-state index contributed by atoms with van der Waals surface area (Å²) in [4.78, 5) is 36.8. The second-order valence-electron chi connectivity index (χ2n) is 7.98. The van der Waals surface area contributed by atoms with Crippen LogP contribution in [0.25, 0.3) is 0 Å². The summed E-state index contributed by atoms with van der Waals surface area (Å²) in [5.41, 5.74) is 2.65. The Balaban J connectivity index is 1.54. The molecule has 0 spiro atoms. The Morgan fingerprint density at radius 1 is 1.16 bits per heavy atom. The molecule has 1 aliphatic rings. The van der Waals surface area contributed by atoms with Gasteiger partial charge >= 0.3 is 0 Å². The van der Waals surface area contributed by atoms with Crippen molar-refractivity contribution in [3.05, 3.63) is 40.7 Å². The Bertz CT molecular complexity index is 982. The number of aromatic nitrogens is 2. The topological polar surface area (TPSA) is 105 Å². The summed E-state index contributed by atoms with van der Waals surface area (Å²) in [7, 11) is 0. The summed E-state index contributed by atoms with van der Waals surface area (Å²) < 4.78 is 1.66. The Morgan fingerprint density at radius 3 is 2.48 bits per heavy atom. The summed E-state index contributed by atoms with van der Waals surface area (Å²) >= 11 is 6.30. The number of hydrogen-bond acceptors (Lipinski definition) is 4. The summed E-state index contributed by atoms with van der Waals surface area (Å²) in [5.74, 6) is -0.640. The molecule has 1 aromatic heterocycles. The van der Waals surface area contributed by atoms with Crippen molar-refractivity contribution in [2.24, 2.45) is 5.92 Å². The van der Waals surface area contributed by atoms with E-state index in [9.17, 15) is 14.4 Å². The highest BCUT2D eigenvalue weighted by Crippen LogP contribution is 2.27. The third kappa shape index (κ3) is 5.85. The molecule has 1 fully saturated rings. The first-order valence-electron chi connectivity index (χ1n) is 10.5. The zero-order valence-corrected chi connectivity index (χ0v) is 18.8. The van der Waals surface area contributed by atoms with Crippen LogP contribution >= 0.6 is 11.6 Å². The van der Waals surface area contributed by atoms with Crippen LogP contribution in [0, 0.1) is 19.8 Å². The molecular formula is C22H28ClN5O3. The van der Waals surface area contributed by atoms with Crippen molar-refractivity contribution >= 4 is 40.7 Å². The maximum absolute atomic E-state index is 12.6. The molecule has 166 valence electrons. The van der Waals surface area contributed by atoms with Crippen LogP contribution in [0.4, 0.5) is 11.4 Å². The predicted molar refractivity (Wildman–Crippen MR) is 120 cm³/mol. The molecule has 1 heterocycles. The number of hydrogen-bond donors (Lipinski definition) is 3. The first kappa shape index (κ1) is 22.8. The number of carbonyl (C=O) groups excluding carboxylic acids is 3. The van der Waals surface area contributed by atoms with Gasteiger partial charge in [-0.2, -0.15) is 5.10 Å². The largest absolute Gasteiger partial charge is 0.347 e. The van der Waals surface area contributed by atoms with Crippen LogP contribution in [0.15, 0.2) is 24.3 Å². The number of carbonyl (C=O) groups is 3. The molecule has 3 amide bonds. The maximum atomic E-state index is 12.6. The number of nitrogens with one attached hydrogen (secondary N) is 3. The number of halogens is 1. The van der Waals surface area contributed by atoms with Gasteiger partial charge < -0.3 is 16.0 Å². The summed E-state index contributed by atoms with van der Waals surface area (Å²) in [6, 6.07) is 6.23. The van der Waals surface area contributed by atoms with Crippen molar-refractivity contribution in [1.82, 2.24) is 15.1 Å². The van der Waals surface area contributed by atoms with E-state index in [1.807, 2.05) is 19.9 Å². The van der Waals surface area contributed by atoms with Gasteiger partial charge in [0.15, 0.2) is 0 Å².